The maximum Gasteiger partial charge on any atom is 0.137 e. The second-order valence-electron chi connectivity index (χ2n) is 4.88. The van der Waals surface area contributed by atoms with Crippen LogP contribution >= 0.6 is 23.2 Å². The smallest absolute Gasteiger partial charge is 0.137 e. The van der Waals surface area contributed by atoms with Crippen LogP contribution in [-0.4, -0.2) is 0 Å². The Morgan fingerprint density at radius 2 is 1.65 bits per heavy atom. The Morgan fingerprint density at radius 1 is 1.00 bits per heavy atom. The molecule has 2 aromatic rings. The van der Waals surface area contributed by atoms with Gasteiger partial charge in [-0.15, -0.1) is 0 Å². The summed E-state index contributed by atoms with van der Waals surface area (Å²) in [6.45, 7) is 1.98. The first-order valence-corrected chi connectivity index (χ1v) is 7.55. The summed E-state index contributed by atoms with van der Waals surface area (Å²) in [6.07, 6.45) is 3.49. The van der Waals surface area contributed by atoms with Crippen LogP contribution in [0.1, 0.15) is 16.7 Å². The van der Waals surface area contributed by atoms with Gasteiger partial charge in [0.05, 0.1) is 0 Å². The zero-order chi connectivity index (χ0) is 16.8. The third kappa shape index (κ3) is 4.24. The van der Waals surface area contributed by atoms with E-state index in [0.29, 0.717) is 15.6 Å². The number of rotatable bonds is 3. The van der Waals surface area contributed by atoms with Gasteiger partial charge in [0.15, 0.2) is 0 Å². The number of nitriles is 2. The zero-order valence-corrected chi connectivity index (χ0v) is 13.9. The number of hydrogen-bond acceptors (Lipinski definition) is 2. The minimum absolute atomic E-state index is 0.0511. The van der Waals surface area contributed by atoms with Crippen LogP contribution in [0.15, 0.2) is 54.1 Å². The molecule has 2 nitrogen and oxygen atoms in total. The number of nitrogens with zero attached hydrogens (tertiary/aromatic N) is 2. The summed E-state index contributed by atoms with van der Waals surface area (Å²) in [5, 5.41) is 19.4. The van der Waals surface area contributed by atoms with Gasteiger partial charge in [-0.25, -0.2) is 0 Å². The summed E-state index contributed by atoms with van der Waals surface area (Å²) >= 11 is 12.0. The lowest BCUT2D eigenvalue weighted by molar-refractivity contribution is 1.44. The van der Waals surface area contributed by atoms with Crippen LogP contribution in [-0.2, 0) is 0 Å². The van der Waals surface area contributed by atoms with Gasteiger partial charge in [-0.2, -0.15) is 10.5 Å². The molecule has 0 atom stereocenters. The molecule has 0 aliphatic rings. The van der Waals surface area contributed by atoms with Gasteiger partial charge in [-0.1, -0.05) is 71.2 Å². The van der Waals surface area contributed by atoms with Crippen molar-refractivity contribution in [2.45, 2.75) is 6.92 Å². The van der Waals surface area contributed by atoms with E-state index in [1.54, 1.807) is 30.4 Å². The van der Waals surface area contributed by atoms with Gasteiger partial charge < -0.3 is 0 Å². The number of halogens is 2. The maximum atomic E-state index is 9.19. The second-order valence-corrected chi connectivity index (χ2v) is 5.72. The lowest BCUT2D eigenvalue weighted by atomic mass is 9.98. The Morgan fingerprint density at radius 3 is 2.22 bits per heavy atom. The normalized spacial score (nSPS) is 10.1. The minimum atomic E-state index is 0.0511. The van der Waals surface area contributed by atoms with E-state index in [0.717, 1.165) is 16.7 Å². The molecule has 2 rings (SSSR count). The van der Waals surface area contributed by atoms with Crippen molar-refractivity contribution in [1.29, 1.82) is 10.5 Å². The molecule has 2 aromatic carbocycles. The van der Waals surface area contributed by atoms with E-state index >= 15 is 0 Å². The van der Waals surface area contributed by atoms with Gasteiger partial charge in [-0.3, -0.25) is 0 Å². The first-order chi connectivity index (χ1) is 11.0. The molecule has 23 heavy (non-hydrogen) atoms. The van der Waals surface area contributed by atoms with Gasteiger partial charge in [0.2, 0.25) is 0 Å². The Hall–Kier alpha value is -2.52. The standard InChI is InChI=1S/C19H12Cl2N2/c1-13-2-4-14(5-3-13)18(16(11-22)12-23)9-7-15-6-8-17(20)10-19(15)21/h2-10H,1H3/b9-7+. The molecule has 112 valence electrons. The van der Waals surface area contributed by atoms with Crippen molar-refractivity contribution in [1.82, 2.24) is 0 Å². The molecule has 0 bridgehead atoms. The molecule has 0 N–H and O–H groups in total. The lowest BCUT2D eigenvalue weighted by Gasteiger charge is -2.04. The molecule has 0 saturated heterocycles. The number of hydrogen-bond donors (Lipinski definition) is 0. The highest BCUT2D eigenvalue weighted by molar-refractivity contribution is 6.35. The van der Waals surface area contributed by atoms with E-state index in [1.165, 1.54) is 0 Å². The Kier molecular flexibility index (Phi) is 5.61. The molecule has 0 radical (unpaired) electrons. The fraction of sp³-hybridized carbons (Fsp3) is 0.0526. The fourth-order valence-corrected chi connectivity index (χ4v) is 2.48. The predicted octanol–water partition coefficient (Wildman–Crippen LogP) is 5.82. The van der Waals surface area contributed by atoms with Crippen LogP contribution in [0.25, 0.3) is 11.6 Å². The molecular weight excluding hydrogens is 327 g/mol. The van der Waals surface area contributed by atoms with Gasteiger partial charge in [0.25, 0.3) is 0 Å². The molecule has 0 spiro atoms. The molecule has 0 aliphatic heterocycles. The van der Waals surface area contributed by atoms with Gasteiger partial charge in [0.1, 0.15) is 17.7 Å². The molecule has 0 aliphatic carbocycles. The Labute approximate surface area is 145 Å². The summed E-state index contributed by atoms with van der Waals surface area (Å²) in [4.78, 5) is 0. The van der Waals surface area contributed by atoms with E-state index in [1.807, 2.05) is 43.3 Å². The van der Waals surface area contributed by atoms with Crippen LogP contribution < -0.4 is 0 Å². The monoisotopic (exact) mass is 338 g/mol. The van der Waals surface area contributed by atoms with Crippen LogP contribution in [0.3, 0.4) is 0 Å². The van der Waals surface area contributed by atoms with Crippen molar-refractivity contribution in [3.63, 3.8) is 0 Å². The average Bonchev–Trinajstić information content (AvgIpc) is 2.54. The van der Waals surface area contributed by atoms with Crippen molar-refractivity contribution in [2.75, 3.05) is 0 Å². The van der Waals surface area contributed by atoms with Crippen molar-refractivity contribution in [3.8, 4) is 12.1 Å². The highest BCUT2D eigenvalue weighted by Crippen LogP contribution is 2.25. The summed E-state index contributed by atoms with van der Waals surface area (Å²) in [7, 11) is 0. The van der Waals surface area contributed by atoms with E-state index in [-0.39, 0.29) is 5.57 Å². The van der Waals surface area contributed by atoms with Crippen LogP contribution in [0, 0.1) is 29.6 Å². The first-order valence-electron chi connectivity index (χ1n) is 6.80. The van der Waals surface area contributed by atoms with E-state index < -0.39 is 0 Å². The Bertz CT molecular complexity index is 848. The molecule has 0 fully saturated rings. The maximum absolute atomic E-state index is 9.19. The first kappa shape index (κ1) is 16.8. The molecule has 0 aromatic heterocycles. The Balaban J connectivity index is 2.50. The zero-order valence-electron chi connectivity index (χ0n) is 12.3. The van der Waals surface area contributed by atoms with E-state index in [9.17, 15) is 10.5 Å². The minimum Gasteiger partial charge on any atom is -0.192 e. The number of aryl methyl sites for hydroxylation is 1. The molecule has 0 amide bonds. The number of allylic oxidation sites excluding steroid dienone is 3. The third-order valence-electron chi connectivity index (χ3n) is 3.25. The third-order valence-corrected chi connectivity index (χ3v) is 3.81. The van der Waals surface area contributed by atoms with Crippen molar-refractivity contribution in [2.24, 2.45) is 0 Å². The average molecular weight is 339 g/mol. The molecule has 0 heterocycles. The summed E-state index contributed by atoms with van der Waals surface area (Å²) in [6, 6.07) is 16.7. The fourth-order valence-electron chi connectivity index (χ4n) is 2.01. The topological polar surface area (TPSA) is 47.6 Å². The summed E-state index contributed by atoms with van der Waals surface area (Å²) in [5.74, 6) is 0. The molecular formula is C19H12Cl2N2. The van der Waals surface area contributed by atoms with Crippen LogP contribution in [0.4, 0.5) is 0 Å². The lowest BCUT2D eigenvalue weighted by Crippen LogP contribution is -1.87. The summed E-state index contributed by atoms with van der Waals surface area (Å²) < 4.78 is 0. The van der Waals surface area contributed by atoms with Gasteiger partial charge in [-0.05, 0) is 30.2 Å². The van der Waals surface area contributed by atoms with Crippen molar-refractivity contribution in [3.05, 3.63) is 80.8 Å². The van der Waals surface area contributed by atoms with Crippen molar-refractivity contribution >= 4 is 34.9 Å². The highest BCUT2D eigenvalue weighted by atomic mass is 35.5. The van der Waals surface area contributed by atoms with Gasteiger partial charge >= 0.3 is 0 Å². The second kappa shape index (κ2) is 7.65. The van der Waals surface area contributed by atoms with Crippen molar-refractivity contribution < 1.29 is 0 Å². The summed E-state index contributed by atoms with van der Waals surface area (Å²) in [5.41, 5.74) is 3.27. The SMILES string of the molecule is Cc1ccc(C(/C=C/c2ccc(Cl)cc2Cl)=C(C#N)C#N)cc1. The van der Waals surface area contributed by atoms with Crippen LogP contribution in [0.5, 0.6) is 0 Å². The largest absolute Gasteiger partial charge is 0.192 e. The molecule has 4 heteroatoms. The van der Waals surface area contributed by atoms with Crippen LogP contribution in [0.2, 0.25) is 10.0 Å². The van der Waals surface area contributed by atoms with Gasteiger partial charge in [0, 0.05) is 15.6 Å². The number of benzene rings is 2. The quantitative estimate of drug-likeness (QED) is 0.523. The molecule has 0 unspecified atom stereocenters. The van der Waals surface area contributed by atoms with E-state index in [4.69, 9.17) is 23.2 Å². The molecule has 0 saturated carbocycles. The van der Waals surface area contributed by atoms with E-state index in [2.05, 4.69) is 0 Å². The predicted molar refractivity (Wildman–Crippen MR) is 94.8 cm³/mol. The highest BCUT2D eigenvalue weighted by Gasteiger charge is 2.07.